The minimum Gasteiger partial charge on any atom is -0.278 e. The minimum atomic E-state index is -0.0174. The van der Waals surface area contributed by atoms with Crippen LogP contribution < -0.4 is 0 Å². The van der Waals surface area contributed by atoms with Crippen molar-refractivity contribution >= 4 is 21.8 Å². The maximum Gasteiger partial charge on any atom is 0.237 e. The van der Waals surface area contributed by atoms with Crippen LogP contribution in [-0.2, 0) is 5.41 Å². The highest BCUT2D eigenvalue weighted by molar-refractivity contribution is 6.11. The van der Waals surface area contributed by atoms with Crippen LogP contribution in [0.2, 0.25) is 0 Å². The Hall–Kier alpha value is -3.53. The van der Waals surface area contributed by atoms with E-state index in [1.165, 1.54) is 33.0 Å². The predicted octanol–water partition coefficient (Wildman–Crippen LogP) is 5.28. The molecule has 0 amide bonds. The molecule has 0 aliphatic heterocycles. The summed E-state index contributed by atoms with van der Waals surface area (Å²) in [6.45, 7) is 4.63. The van der Waals surface area contributed by atoms with Crippen LogP contribution in [0.3, 0.4) is 0 Å². The Morgan fingerprint density at radius 2 is 1.46 bits per heavy atom. The number of nitrogens with zero attached hydrogens (tertiary/aromatic N) is 4. The molecule has 2 aromatic heterocycles. The highest BCUT2D eigenvalue weighted by Crippen LogP contribution is 2.50. The lowest BCUT2D eigenvalue weighted by Crippen LogP contribution is -2.14. The first-order valence-corrected chi connectivity index (χ1v) is 9.46. The maximum absolute atomic E-state index is 4.43. The van der Waals surface area contributed by atoms with Crippen LogP contribution in [0.5, 0.6) is 0 Å². The van der Waals surface area contributed by atoms with Crippen molar-refractivity contribution in [3.05, 3.63) is 84.4 Å². The Morgan fingerprint density at radius 1 is 0.714 bits per heavy atom. The first kappa shape index (κ1) is 15.5. The lowest BCUT2D eigenvalue weighted by Gasteiger charge is -2.21. The highest BCUT2D eigenvalue weighted by atomic mass is 15.2. The van der Waals surface area contributed by atoms with Gasteiger partial charge in [0.25, 0.3) is 0 Å². The molecule has 0 fully saturated rings. The molecule has 5 aromatic rings. The summed E-state index contributed by atoms with van der Waals surface area (Å²) in [5.74, 6) is 0.645. The predicted molar refractivity (Wildman–Crippen MR) is 112 cm³/mol. The van der Waals surface area contributed by atoms with Gasteiger partial charge in [-0.1, -0.05) is 56.3 Å². The van der Waals surface area contributed by atoms with Gasteiger partial charge in [0.1, 0.15) is 12.7 Å². The van der Waals surface area contributed by atoms with Gasteiger partial charge in [0.05, 0.1) is 11.0 Å². The molecule has 0 bridgehead atoms. The van der Waals surface area contributed by atoms with Crippen molar-refractivity contribution < 1.29 is 0 Å². The van der Waals surface area contributed by atoms with Gasteiger partial charge < -0.3 is 0 Å². The molecule has 3 aromatic carbocycles. The van der Waals surface area contributed by atoms with Gasteiger partial charge >= 0.3 is 0 Å². The lowest BCUT2D eigenvalue weighted by atomic mass is 9.82. The van der Waals surface area contributed by atoms with E-state index in [1.54, 1.807) is 12.7 Å². The molecule has 0 radical (unpaired) electrons. The second kappa shape index (κ2) is 5.26. The molecule has 134 valence electrons. The molecule has 0 unspecified atom stereocenters. The summed E-state index contributed by atoms with van der Waals surface area (Å²) in [6, 6.07) is 21.9. The smallest absolute Gasteiger partial charge is 0.237 e. The number of rotatable bonds is 1. The Bertz CT molecular complexity index is 1380. The highest BCUT2D eigenvalue weighted by Gasteiger charge is 2.36. The molecule has 2 heterocycles. The van der Waals surface area contributed by atoms with E-state index >= 15 is 0 Å². The largest absolute Gasteiger partial charge is 0.278 e. The Balaban J connectivity index is 1.80. The fraction of sp³-hybridized carbons (Fsp3) is 0.125. The zero-order chi connectivity index (χ0) is 18.9. The van der Waals surface area contributed by atoms with Crippen LogP contribution in [0, 0.1) is 0 Å². The molecule has 0 saturated heterocycles. The molecule has 0 saturated carbocycles. The molecular formula is C24H18N4. The topological polar surface area (TPSA) is 43.6 Å². The van der Waals surface area contributed by atoms with E-state index in [0.29, 0.717) is 5.95 Å². The van der Waals surface area contributed by atoms with Crippen molar-refractivity contribution in [1.82, 2.24) is 19.5 Å². The van der Waals surface area contributed by atoms with Crippen LogP contribution in [0.1, 0.15) is 25.0 Å². The molecule has 4 nitrogen and oxygen atoms in total. The Kier molecular flexibility index (Phi) is 2.91. The van der Waals surface area contributed by atoms with Gasteiger partial charge in [0.15, 0.2) is 0 Å². The monoisotopic (exact) mass is 362 g/mol. The second-order valence-corrected chi connectivity index (χ2v) is 7.88. The summed E-state index contributed by atoms with van der Waals surface area (Å²) in [7, 11) is 0. The first-order chi connectivity index (χ1) is 13.7. The third kappa shape index (κ3) is 1.87. The summed E-state index contributed by atoms with van der Waals surface area (Å²) >= 11 is 0. The summed E-state index contributed by atoms with van der Waals surface area (Å²) in [6.07, 6.45) is 3.10. The number of hydrogen-bond acceptors (Lipinski definition) is 3. The van der Waals surface area contributed by atoms with Crippen LogP contribution in [0.15, 0.2) is 73.3 Å². The Labute approximate surface area is 162 Å². The number of para-hydroxylation sites is 1. The zero-order valence-electron chi connectivity index (χ0n) is 15.7. The van der Waals surface area contributed by atoms with E-state index in [9.17, 15) is 0 Å². The van der Waals surface area contributed by atoms with Crippen LogP contribution in [0.25, 0.3) is 38.9 Å². The molecule has 0 N–H and O–H groups in total. The van der Waals surface area contributed by atoms with E-state index in [1.807, 2.05) is 0 Å². The molecule has 28 heavy (non-hydrogen) atoms. The molecule has 6 rings (SSSR count). The van der Waals surface area contributed by atoms with Crippen molar-refractivity contribution in [3.8, 4) is 17.1 Å². The van der Waals surface area contributed by atoms with E-state index in [-0.39, 0.29) is 5.41 Å². The van der Waals surface area contributed by atoms with Crippen LogP contribution >= 0.6 is 0 Å². The van der Waals surface area contributed by atoms with Gasteiger partial charge in [0.2, 0.25) is 5.95 Å². The van der Waals surface area contributed by atoms with Gasteiger partial charge in [-0.15, -0.1) is 0 Å². The fourth-order valence-electron chi connectivity index (χ4n) is 4.73. The van der Waals surface area contributed by atoms with E-state index in [0.717, 1.165) is 11.0 Å². The van der Waals surface area contributed by atoms with E-state index < -0.39 is 0 Å². The van der Waals surface area contributed by atoms with E-state index in [4.69, 9.17) is 0 Å². The average Bonchev–Trinajstić information content (AvgIpc) is 3.17. The minimum absolute atomic E-state index is 0.0174. The lowest BCUT2D eigenvalue weighted by molar-refractivity contribution is 0.661. The zero-order valence-corrected chi connectivity index (χ0v) is 15.7. The summed E-state index contributed by atoms with van der Waals surface area (Å²) in [4.78, 5) is 12.8. The third-order valence-electron chi connectivity index (χ3n) is 6.06. The first-order valence-electron chi connectivity index (χ1n) is 9.46. The van der Waals surface area contributed by atoms with Crippen LogP contribution in [-0.4, -0.2) is 19.5 Å². The van der Waals surface area contributed by atoms with Gasteiger partial charge in [-0.25, -0.2) is 15.0 Å². The Morgan fingerprint density at radius 3 is 2.32 bits per heavy atom. The summed E-state index contributed by atoms with van der Waals surface area (Å²) in [5, 5.41) is 2.45. The molecule has 0 atom stereocenters. The SMILES string of the molecule is CC1(C)c2ccccc2-c2cc3c(cc21)c1ccccc1n3-c1ncncn1. The number of aromatic nitrogens is 4. The molecular weight excluding hydrogens is 344 g/mol. The fourth-order valence-corrected chi connectivity index (χ4v) is 4.73. The quantitative estimate of drug-likeness (QED) is 0.408. The second-order valence-electron chi connectivity index (χ2n) is 7.88. The van der Waals surface area contributed by atoms with Gasteiger partial charge in [-0.05, 0) is 40.5 Å². The van der Waals surface area contributed by atoms with Crippen molar-refractivity contribution in [2.45, 2.75) is 19.3 Å². The van der Waals surface area contributed by atoms with Crippen LogP contribution in [0.4, 0.5) is 0 Å². The standard InChI is InChI=1S/C24H18N4/c1-24(2)19-9-5-3-7-15(19)17-12-22-18(11-20(17)24)16-8-4-6-10-21(16)28(22)23-26-13-25-14-27-23/h3-14H,1-2H3. The number of fused-ring (bicyclic) bond motifs is 6. The van der Waals surface area contributed by atoms with Crippen molar-refractivity contribution in [2.24, 2.45) is 0 Å². The van der Waals surface area contributed by atoms with Crippen molar-refractivity contribution in [1.29, 1.82) is 0 Å². The van der Waals surface area contributed by atoms with Crippen molar-refractivity contribution in [3.63, 3.8) is 0 Å². The number of benzene rings is 3. The summed E-state index contributed by atoms with van der Waals surface area (Å²) in [5.41, 5.74) is 7.59. The molecule has 1 aliphatic carbocycles. The van der Waals surface area contributed by atoms with Gasteiger partial charge in [-0.3, -0.25) is 4.57 Å². The maximum atomic E-state index is 4.43. The molecule has 1 aliphatic rings. The number of hydrogen-bond donors (Lipinski definition) is 0. The van der Waals surface area contributed by atoms with Gasteiger partial charge in [0, 0.05) is 16.2 Å². The summed E-state index contributed by atoms with van der Waals surface area (Å²) < 4.78 is 2.14. The average molecular weight is 362 g/mol. The normalized spacial score (nSPS) is 14.4. The third-order valence-corrected chi connectivity index (χ3v) is 6.06. The molecule has 0 spiro atoms. The van der Waals surface area contributed by atoms with Crippen molar-refractivity contribution in [2.75, 3.05) is 0 Å². The van der Waals surface area contributed by atoms with E-state index in [2.05, 4.69) is 94.0 Å². The van der Waals surface area contributed by atoms with Gasteiger partial charge in [-0.2, -0.15) is 0 Å². The molecule has 4 heteroatoms.